The summed E-state index contributed by atoms with van der Waals surface area (Å²) in [5.41, 5.74) is 2.01. The van der Waals surface area contributed by atoms with Gasteiger partial charge in [-0.15, -0.1) is 5.10 Å². The predicted molar refractivity (Wildman–Crippen MR) is 77.8 cm³/mol. The lowest BCUT2D eigenvalue weighted by molar-refractivity contribution is -0.131. The highest BCUT2D eigenvalue weighted by molar-refractivity contribution is 6.04. The second kappa shape index (κ2) is 6.42. The van der Waals surface area contributed by atoms with Gasteiger partial charge >= 0.3 is 5.97 Å². The molecule has 0 aliphatic heterocycles. The van der Waals surface area contributed by atoms with Crippen LogP contribution in [-0.2, 0) is 4.79 Å². The number of aromatic nitrogens is 2. The van der Waals surface area contributed by atoms with E-state index >= 15 is 0 Å². The Bertz CT molecular complexity index is 697. The number of carbonyl (C=O) groups excluding carboxylic acids is 1. The third-order valence-electron chi connectivity index (χ3n) is 2.75. The molecule has 1 aromatic carbocycles. The van der Waals surface area contributed by atoms with Crippen molar-refractivity contribution in [3.05, 3.63) is 59.3 Å². The molecule has 0 unspecified atom stereocenters. The first-order chi connectivity index (χ1) is 10.1. The fourth-order valence-electron chi connectivity index (χ4n) is 1.72. The Morgan fingerprint density at radius 2 is 2.10 bits per heavy atom. The average Bonchev–Trinajstić information content (AvgIpc) is 2.46. The molecule has 2 rings (SSSR count). The SMILES string of the molecule is Cc1cc(C(=O)Nc2cccnn2)ccc1/C=C/C(=O)O. The minimum atomic E-state index is -1.01. The van der Waals surface area contributed by atoms with Crippen LogP contribution in [0.4, 0.5) is 5.82 Å². The van der Waals surface area contributed by atoms with E-state index < -0.39 is 5.97 Å². The number of nitrogens with zero attached hydrogens (tertiary/aromatic N) is 2. The molecule has 0 saturated heterocycles. The van der Waals surface area contributed by atoms with E-state index in [1.165, 1.54) is 12.3 Å². The largest absolute Gasteiger partial charge is 0.478 e. The van der Waals surface area contributed by atoms with Gasteiger partial charge in [-0.05, 0) is 48.4 Å². The first kappa shape index (κ1) is 14.4. The fraction of sp³-hybridized carbons (Fsp3) is 0.0667. The number of benzene rings is 1. The van der Waals surface area contributed by atoms with Crippen LogP contribution in [0.2, 0.25) is 0 Å². The number of hydrogen-bond acceptors (Lipinski definition) is 4. The van der Waals surface area contributed by atoms with Gasteiger partial charge in [-0.25, -0.2) is 4.79 Å². The molecule has 0 saturated carbocycles. The lowest BCUT2D eigenvalue weighted by Crippen LogP contribution is -2.13. The third-order valence-corrected chi connectivity index (χ3v) is 2.75. The first-order valence-corrected chi connectivity index (χ1v) is 6.17. The summed E-state index contributed by atoms with van der Waals surface area (Å²) < 4.78 is 0. The van der Waals surface area contributed by atoms with Crippen LogP contribution >= 0.6 is 0 Å². The number of carboxylic acids is 1. The number of nitrogens with one attached hydrogen (secondary N) is 1. The second-order valence-electron chi connectivity index (χ2n) is 4.31. The van der Waals surface area contributed by atoms with Crippen molar-refractivity contribution in [1.29, 1.82) is 0 Å². The van der Waals surface area contributed by atoms with Gasteiger partial charge in [-0.1, -0.05) is 6.07 Å². The van der Waals surface area contributed by atoms with Gasteiger partial charge in [0, 0.05) is 17.8 Å². The standard InChI is InChI=1S/C15H13N3O3/c1-10-9-12(5-4-11(10)6-7-14(19)20)15(21)17-13-3-2-8-16-18-13/h2-9H,1H3,(H,19,20)(H,17,18,21)/b7-6+. The zero-order valence-corrected chi connectivity index (χ0v) is 11.3. The van der Waals surface area contributed by atoms with Crippen molar-refractivity contribution in [3.8, 4) is 0 Å². The molecular weight excluding hydrogens is 270 g/mol. The molecule has 2 N–H and O–H groups in total. The van der Waals surface area contributed by atoms with E-state index in [1.54, 1.807) is 37.3 Å². The molecule has 2 aromatic rings. The summed E-state index contributed by atoms with van der Waals surface area (Å²) in [6.07, 6.45) is 4.06. The lowest BCUT2D eigenvalue weighted by Gasteiger charge is -2.06. The number of rotatable bonds is 4. The van der Waals surface area contributed by atoms with E-state index in [0.717, 1.165) is 17.2 Å². The van der Waals surface area contributed by atoms with Gasteiger partial charge < -0.3 is 10.4 Å². The molecule has 1 aromatic heterocycles. The van der Waals surface area contributed by atoms with Crippen molar-refractivity contribution < 1.29 is 14.7 Å². The van der Waals surface area contributed by atoms with Crippen LogP contribution in [0.25, 0.3) is 6.08 Å². The van der Waals surface area contributed by atoms with E-state index in [1.807, 2.05) is 0 Å². The van der Waals surface area contributed by atoms with E-state index in [2.05, 4.69) is 15.5 Å². The van der Waals surface area contributed by atoms with Crippen molar-refractivity contribution in [2.24, 2.45) is 0 Å². The third kappa shape index (κ3) is 3.97. The first-order valence-electron chi connectivity index (χ1n) is 6.17. The van der Waals surface area contributed by atoms with Crippen LogP contribution in [0.5, 0.6) is 0 Å². The molecule has 0 spiro atoms. The number of aliphatic carboxylic acids is 1. The normalized spacial score (nSPS) is 10.5. The average molecular weight is 283 g/mol. The quantitative estimate of drug-likeness (QED) is 0.839. The Hall–Kier alpha value is -3.02. The van der Waals surface area contributed by atoms with Gasteiger partial charge in [0.25, 0.3) is 5.91 Å². The highest BCUT2D eigenvalue weighted by atomic mass is 16.4. The monoisotopic (exact) mass is 283 g/mol. The molecule has 1 heterocycles. The van der Waals surface area contributed by atoms with Crippen LogP contribution in [0, 0.1) is 6.92 Å². The van der Waals surface area contributed by atoms with Crippen LogP contribution in [0.3, 0.4) is 0 Å². The zero-order chi connectivity index (χ0) is 15.2. The molecular formula is C15H13N3O3. The topological polar surface area (TPSA) is 92.2 Å². The Labute approximate surface area is 121 Å². The summed E-state index contributed by atoms with van der Waals surface area (Å²) in [4.78, 5) is 22.6. The second-order valence-corrected chi connectivity index (χ2v) is 4.31. The van der Waals surface area contributed by atoms with Gasteiger partial charge in [0.1, 0.15) is 0 Å². The Kier molecular flexibility index (Phi) is 4.40. The molecule has 106 valence electrons. The predicted octanol–water partition coefficient (Wildman–Crippen LogP) is 2.14. The maximum Gasteiger partial charge on any atom is 0.328 e. The van der Waals surface area contributed by atoms with Gasteiger partial charge in [0.15, 0.2) is 5.82 Å². The molecule has 21 heavy (non-hydrogen) atoms. The van der Waals surface area contributed by atoms with Gasteiger partial charge in [-0.2, -0.15) is 5.10 Å². The van der Waals surface area contributed by atoms with E-state index in [-0.39, 0.29) is 5.91 Å². The minimum absolute atomic E-state index is 0.299. The summed E-state index contributed by atoms with van der Waals surface area (Å²) in [6, 6.07) is 8.32. The maximum atomic E-state index is 12.1. The van der Waals surface area contributed by atoms with Gasteiger partial charge in [-0.3, -0.25) is 4.79 Å². The maximum absolute atomic E-state index is 12.1. The number of hydrogen-bond donors (Lipinski definition) is 2. The summed E-state index contributed by atoms with van der Waals surface area (Å²) in [7, 11) is 0. The number of anilines is 1. The fourth-order valence-corrected chi connectivity index (χ4v) is 1.72. The molecule has 0 radical (unpaired) electrons. The zero-order valence-electron chi connectivity index (χ0n) is 11.3. The molecule has 6 heteroatoms. The summed E-state index contributed by atoms with van der Waals surface area (Å²) in [5.74, 6) is -0.943. The van der Waals surface area contributed by atoms with E-state index in [0.29, 0.717) is 11.4 Å². The van der Waals surface area contributed by atoms with E-state index in [4.69, 9.17) is 5.11 Å². The van der Waals surface area contributed by atoms with Crippen LogP contribution < -0.4 is 5.32 Å². The summed E-state index contributed by atoms with van der Waals surface area (Å²) in [6.45, 7) is 1.81. The smallest absolute Gasteiger partial charge is 0.328 e. The molecule has 0 atom stereocenters. The Morgan fingerprint density at radius 3 is 2.71 bits per heavy atom. The van der Waals surface area contributed by atoms with Crippen molar-refractivity contribution in [1.82, 2.24) is 10.2 Å². The van der Waals surface area contributed by atoms with Gasteiger partial charge in [0.05, 0.1) is 0 Å². The molecule has 0 bridgehead atoms. The molecule has 0 aliphatic carbocycles. The Balaban J connectivity index is 2.16. The van der Waals surface area contributed by atoms with Crippen molar-refractivity contribution in [2.45, 2.75) is 6.92 Å². The van der Waals surface area contributed by atoms with Gasteiger partial charge in [0.2, 0.25) is 0 Å². The number of amides is 1. The lowest BCUT2D eigenvalue weighted by atomic mass is 10.0. The molecule has 1 amide bonds. The van der Waals surface area contributed by atoms with Crippen molar-refractivity contribution in [3.63, 3.8) is 0 Å². The van der Waals surface area contributed by atoms with Crippen molar-refractivity contribution in [2.75, 3.05) is 5.32 Å². The van der Waals surface area contributed by atoms with Crippen molar-refractivity contribution >= 4 is 23.8 Å². The summed E-state index contributed by atoms with van der Waals surface area (Å²) in [5, 5.41) is 18.7. The van der Waals surface area contributed by atoms with E-state index in [9.17, 15) is 9.59 Å². The highest BCUT2D eigenvalue weighted by Gasteiger charge is 2.08. The number of carbonyl (C=O) groups is 2. The molecule has 0 fully saturated rings. The van der Waals surface area contributed by atoms with Crippen LogP contribution in [0.1, 0.15) is 21.5 Å². The Morgan fingerprint density at radius 1 is 1.29 bits per heavy atom. The van der Waals surface area contributed by atoms with Crippen LogP contribution in [-0.4, -0.2) is 27.2 Å². The summed E-state index contributed by atoms with van der Waals surface area (Å²) >= 11 is 0. The molecule has 6 nitrogen and oxygen atoms in total. The minimum Gasteiger partial charge on any atom is -0.478 e. The number of carboxylic acid groups (broad SMARTS) is 1. The molecule has 0 aliphatic rings. The van der Waals surface area contributed by atoms with Crippen LogP contribution in [0.15, 0.2) is 42.6 Å². The number of aryl methyl sites for hydroxylation is 1. The highest BCUT2D eigenvalue weighted by Crippen LogP contribution is 2.14.